The Morgan fingerprint density at radius 3 is 2.54 bits per heavy atom. The SMILES string of the molecule is CC(=O)N(CC(=O)N(Cc1ccc2c(c1)OCO2)Cc1sccc1C)C(C)C. The van der Waals surface area contributed by atoms with Crippen molar-refractivity contribution in [3.05, 3.63) is 45.6 Å². The van der Waals surface area contributed by atoms with Crippen molar-refractivity contribution in [1.82, 2.24) is 9.80 Å². The number of carbonyl (C=O) groups excluding carboxylic acids is 2. The highest BCUT2D eigenvalue weighted by Gasteiger charge is 2.23. The van der Waals surface area contributed by atoms with Crippen molar-refractivity contribution in [1.29, 1.82) is 0 Å². The monoisotopic (exact) mass is 402 g/mol. The molecule has 1 aromatic heterocycles. The van der Waals surface area contributed by atoms with Crippen LogP contribution in [-0.2, 0) is 22.7 Å². The Hall–Kier alpha value is -2.54. The van der Waals surface area contributed by atoms with Crippen molar-refractivity contribution in [3.63, 3.8) is 0 Å². The molecule has 2 heterocycles. The average molecular weight is 403 g/mol. The van der Waals surface area contributed by atoms with Crippen LogP contribution in [0, 0.1) is 6.92 Å². The molecule has 0 atom stereocenters. The Kier molecular flexibility index (Phi) is 6.24. The first-order valence-electron chi connectivity index (χ1n) is 9.31. The van der Waals surface area contributed by atoms with Crippen LogP contribution in [0.1, 0.15) is 36.8 Å². The summed E-state index contributed by atoms with van der Waals surface area (Å²) in [5, 5.41) is 2.03. The van der Waals surface area contributed by atoms with Crippen molar-refractivity contribution in [2.45, 2.75) is 46.8 Å². The van der Waals surface area contributed by atoms with Gasteiger partial charge in [0, 0.05) is 24.4 Å². The van der Waals surface area contributed by atoms with Gasteiger partial charge in [-0.1, -0.05) is 6.07 Å². The largest absolute Gasteiger partial charge is 0.454 e. The molecule has 2 amide bonds. The summed E-state index contributed by atoms with van der Waals surface area (Å²) in [6.45, 7) is 8.63. The van der Waals surface area contributed by atoms with Gasteiger partial charge in [-0.05, 0) is 55.5 Å². The van der Waals surface area contributed by atoms with Gasteiger partial charge >= 0.3 is 0 Å². The van der Waals surface area contributed by atoms with Crippen LogP contribution in [-0.4, -0.2) is 41.0 Å². The number of benzene rings is 1. The maximum Gasteiger partial charge on any atom is 0.242 e. The molecule has 28 heavy (non-hydrogen) atoms. The number of amides is 2. The molecule has 7 heteroatoms. The molecule has 1 aliphatic heterocycles. The van der Waals surface area contributed by atoms with E-state index in [-0.39, 0.29) is 31.2 Å². The number of carbonyl (C=O) groups is 2. The molecule has 0 bridgehead atoms. The number of nitrogens with zero attached hydrogens (tertiary/aromatic N) is 2. The number of ether oxygens (including phenoxy) is 2. The first-order valence-corrected chi connectivity index (χ1v) is 10.2. The molecule has 0 aliphatic carbocycles. The molecule has 0 fully saturated rings. The predicted molar refractivity (Wildman–Crippen MR) is 108 cm³/mol. The molecule has 1 aromatic carbocycles. The third-order valence-electron chi connectivity index (χ3n) is 4.80. The minimum atomic E-state index is -0.0984. The second kappa shape index (κ2) is 8.65. The van der Waals surface area contributed by atoms with Gasteiger partial charge in [-0.15, -0.1) is 11.3 Å². The third kappa shape index (κ3) is 4.65. The summed E-state index contributed by atoms with van der Waals surface area (Å²) in [5.74, 6) is 1.25. The van der Waals surface area contributed by atoms with Gasteiger partial charge in [-0.2, -0.15) is 0 Å². The van der Waals surface area contributed by atoms with Crippen LogP contribution < -0.4 is 9.47 Å². The molecular formula is C21H26N2O4S. The second-order valence-corrected chi connectivity index (χ2v) is 8.21. The van der Waals surface area contributed by atoms with Gasteiger partial charge in [0.2, 0.25) is 18.6 Å². The molecule has 3 rings (SSSR count). The van der Waals surface area contributed by atoms with Crippen LogP contribution in [0.2, 0.25) is 0 Å². The van der Waals surface area contributed by atoms with E-state index >= 15 is 0 Å². The van der Waals surface area contributed by atoms with E-state index in [1.165, 1.54) is 12.5 Å². The van der Waals surface area contributed by atoms with E-state index in [1.807, 2.05) is 44.4 Å². The first-order chi connectivity index (χ1) is 13.3. The minimum absolute atomic E-state index is 0.0303. The molecule has 2 aromatic rings. The summed E-state index contributed by atoms with van der Waals surface area (Å²) in [7, 11) is 0. The van der Waals surface area contributed by atoms with Gasteiger partial charge in [0.15, 0.2) is 11.5 Å². The van der Waals surface area contributed by atoms with Crippen molar-refractivity contribution in [2.75, 3.05) is 13.3 Å². The summed E-state index contributed by atoms with van der Waals surface area (Å²) < 4.78 is 10.8. The van der Waals surface area contributed by atoms with Crippen molar-refractivity contribution < 1.29 is 19.1 Å². The van der Waals surface area contributed by atoms with Crippen LogP contribution in [0.4, 0.5) is 0 Å². The number of thiophene rings is 1. The Bertz CT molecular complexity index is 862. The highest BCUT2D eigenvalue weighted by molar-refractivity contribution is 7.10. The van der Waals surface area contributed by atoms with Crippen LogP contribution in [0.15, 0.2) is 29.6 Å². The van der Waals surface area contributed by atoms with E-state index < -0.39 is 0 Å². The Labute approximate surface area is 169 Å². The smallest absolute Gasteiger partial charge is 0.242 e. The zero-order chi connectivity index (χ0) is 20.3. The van der Waals surface area contributed by atoms with Crippen molar-refractivity contribution >= 4 is 23.2 Å². The average Bonchev–Trinajstić information content (AvgIpc) is 3.26. The maximum atomic E-state index is 13.1. The molecule has 6 nitrogen and oxygen atoms in total. The van der Waals surface area contributed by atoms with Crippen LogP contribution in [0.5, 0.6) is 11.5 Å². The summed E-state index contributed by atoms with van der Waals surface area (Å²) in [5.41, 5.74) is 2.13. The predicted octanol–water partition coefficient (Wildman–Crippen LogP) is 3.57. The maximum absolute atomic E-state index is 13.1. The number of fused-ring (bicyclic) bond motifs is 1. The quantitative estimate of drug-likeness (QED) is 0.710. The fourth-order valence-corrected chi connectivity index (χ4v) is 4.06. The number of aryl methyl sites for hydroxylation is 1. The lowest BCUT2D eigenvalue weighted by atomic mass is 10.1. The minimum Gasteiger partial charge on any atom is -0.454 e. The van der Waals surface area contributed by atoms with E-state index in [1.54, 1.807) is 21.1 Å². The lowest BCUT2D eigenvalue weighted by Crippen LogP contribution is -2.44. The molecule has 0 saturated carbocycles. The lowest BCUT2D eigenvalue weighted by Gasteiger charge is -2.29. The highest BCUT2D eigenvalue weighted by atomic mass is 32.1. The van der Waals surface area contributed by atoms with E-state index in [0.717, 1.165) is 16.2 Å². The molecular weight excluding hydrogens is 376 g/mol. The van der Waals surface area contributed by atoms with E-state index in [4.69, 9.17) is 9.47 Å². The highest BCUT2D eigenvalue weighted by Crippen LogP contribution is 2.33. The van der Waals surface area contributed by atoms with Crippen LogP contribution in [0.25, 0.3) is 0 Å². The summed E-state index contributed by atoms with van der Waals surface area (Å²) in [6, 6.07) is 7.75. The normalized spacial score (nSPS) is 12.3. The topological polar surface area (TPSA) is 59.1 Å². The Morgan fingerprint density at radius 1 is 1.14 bits per heavy atom. The zero-order valence-corrected chi connectivity index (χ0v) is 17.5. The molecule has 0 spiro atoms. The van der Waals surface area contributed by atoms with Gasteiger partial charge in [-0.3, -0.25) is 9.59 Å². The third-order valence-corrected chi connectivity index (χ3v) is 5.81. The van der Waals surface area contributed by atoms with Gasteiger partial charge < -0.3 is 19.3 Å². The van der Waals surface area contributed by atoms with E-state index in [0.29, 0.717) is 18.8 Å². The van der Waals surface area contributed by atoms with E-state index in [2.05, 4.69) is 6.07 Å². The summed E-state index contributed by atoms with van der Waals surface area (Å²) >= 11 is 1.64. The molecule has 0 N–H and O–H groups in total. The first kappa shape index (κ1) is 20.2. The Balaban J connectivity index is 1.81. The number of hydrogen-bond donors (Lipinski definition) is 0. The molecule has 0 radical (unpaired) electrons. The molecule has 0 unspecified atom stereocenters. The van der Waals surface area contributed by atoms with Crippen molar-refractivity contribution in [2.24, 2.45) is 0 Å². The van der Waals surface area contributed by atoms with Crippen LogP contribution in [0.3, 0.4) is 0 Å². The lowest BCUT2D eigenvalue weighted by molar-refractivity contribution is -0.141. The Morgan fingerprint density at radius 2 is 1.89 bits per heavy atom. The van der Waals surface area contributed by atoms with Crippen LogP contribution >= 0.6 is 11.3 Å². The van der Waals surface area contributed by atoms with Gasteiger partial charge in [0.25, 0.3) is 0 Å². The van der Waals surface area contributed by atoms with Gasteiger partial charge in [-0.25, -0.2) is 0 Å². The summed E-state index contributed by atoms with van der Waals surface area (Å²) in [4.78, 5) is 29.6. The standard InChI is InChI=1S/C21H26N2O4S/c1-14(2)23(16(4)24)12-21(25)22(11-20-15(3)7-8-28-20)10-17-5-6-18-19(9-17)27-13-26-18/h5-9,14H,10-13H2,1-4H3. The van der Waals surface area contributed by atoms with Gasteiger partial charge in [0.05, 0.1) is 13.1 Å². The fourth-order valence-electron chi connectivity index (χ4n) is 3.13. The number of rotatable bonds is 7. The molecule has 1 aliphatic rings. The summed E-state index contributed by atoms with van der Waals surface area (Å²) in [6.07, 6.45) is 0. The fraction of sp³-hybridized carbons (Fsp3) is 0.429. The molecule has 150 valence electrons. The molecule has 0 saturated heterocycles. The van der Waals surface area contributed by atoms with Crippen molar-refractivity contribution in [3.8, 4) is 11.5 Å². The van der Waals surface area contributed by atoms with E-state index in [9.17, 15) is 9.59 Å². The zero-order valence-electron chi connectivity index (χ0n) is 16.7. The number of hydrogen-bond acceptors (Lipinski definition) is 5. The van der Waals surface area contributed by atoms with Gasteiger partial charge in [0.1, 0.15) is 0 Å². The second-order valence-electron chi connectivity index (χ2n) is 7.20.